The molecule has 3 aliphatic heterocycles. The number of aliphatic carboxylic acids is 1. The number of carbonyl (C=O) groups is 4. The molecule has 5 N–H and O–H groups in total. The number of esters is 2. The predicted octanol–water partition coefficient (Wildman–Crippen LogP) is 4.32. The molecule has 0 radical (unpaired) electrons. The van der Waals surface area contributed by atoms with Gasteiger partial charge in [-0.05, 0) is 38.2 Å². The Bertz CT molecular complexity index is 1540. The fraction of sp³-hybridized carbons (Fsp3) is 0.714. The molecular weight excluding hydrogens is 759 g/mol. The third kappa shape index (κ3) is 12.6. The molecule has 0 aromatic carbocycles. The number of amides is 1. The van der Waals surface area contributed by atoms with Crippen LogP contribution in [0, 0.1) is 35.5 Å². The van der Waals surface area contributed by atoms with Crippen LogP contribution in [-0.2, 0) is 42.9 Å². The second kappa shape index (κ2) is 21.2. The van der Waals surface area contributed by atoms with Crippen LogP contribution in [0.3, 0.4) is 0 Å². The van der Waals surface area contributed by atoms with Crippen LogP contribution in [0.1, 0.15) is 81.6 Å². The van der Waals surface area contributed by atoms with E-state index < -0.39 is 89.4 Å². The van der Waals surface area contributed by atoms with E-state index in [1.54, 1.807) is 32.9 Å². The van der Waals surface area contributed by atoms with Crippen molar-refractivity contribution in [3.05, 3.63) is 47.3 Å². The zero-order valence-electron chi connectivity index (χ0n) is 35.2. The van der Waals surface area contributed by atoms with Gasteiger partial charge in [0.05, 0.1) is 37.1 Å². The van der Waals surface area contributed by atoms with Gasteiger partial charge in [-0.15, -0.1) is 11.8 Å². The van der Waals surface area contributed by atoms with Gasteiger partial charge in [0.1, 0.15) is 24.4 Å². The molecule has 0 aromatic heterocycles. The summed E-state index contributed by atoms with van der Waals surface area (Å²) >= 11 is 1.07. The van der Waals surface area contributed by atoms with Crippen LogP contribution in [0.25, 0.3) is 0 Å². The summed E-state index contributed by atoms with van der Waals surface area (Å²) in [7, 11) is 2.80. The van der Waals surface area contributed by atoms with Gasteiger partial charge in [0.25, 0.3) is 0 Å². The van der Waals surface area contributed by atoms with Gasteiger partial charge in [-0.25, -0.2) is 9.59 Å². The van der Waals surface area contributed by atoms with Gasteiger partial charge < -0.3 is 49.4 Å². The van der Waals surface area contributed by atoms with Gasteiger partial charge in [-0.3, -0.25) is 9.59 Å². The number of aliphatic hydroxyl groups excluding tert-OH is 2. The minimum atomic E-state index is -2.01. The third-order valence-electron chi connectivity index (χ3n) is 11.5. The van der Waals surface area contributed by atoms with Crippen molar-refractivity contribution in [3.8, 4) is 0 Å². The molecule has 3 aliphatic rings. The predicted molar refractivity (Wildman–Crippen MR) is 214 cm³/mol. The van der Waals surface area contributed by atoms with Crippen LogP contribution in [0.15, 0.2) is 47.3 Å². The second-order valence-corrected chi connectivity index (χ2v) is 17.7. The first kappa shape index (κ1) is 48.2. The molecule has 0 aromatic rings. The number of carboxylic acid groups (broad SMARTS) is 1. The number of nitrogens with one attached hydrogen (secondary N) is 1. The number of hydrogen-bond donors (Lipinski definition) is 5. The van der Waals surface area contributed by atoms with Gasteiger partial charge in [0.15, 0.2) is 5.79 Å². The van der Waals surface area contributed by atoms with Crippen molar-refractivity contribution in [2.24, 2.45) is 35.5 Å². The fourth-order valence-corrected chi connectivity index (χ4v) is 9.04. The minimum absolute atomic E-state index is 0.0553. The maximum absolute atomic E-state index is 13.7. The first-order valence-electron chi connectivity index (χ1n) is 19.8. The van der Waals surface area contributed by atoms with Crippen molar-refractivity contribution < 1.29 is 63.3 Å². The lowest BCUT2D eigenvalue weighted by Crippen LogP contribution is -2.60. The number of hydrogen-bond acceptors (Lipinski definition) is 13. The van der Waals surface area contributed by atoms with Gasteiger partial charge in [-0.1, -0.05) is 83.9 Å². The zero-order chi connectivity index (χ0) is 42.9. The molecule has 14 atom stereocenters. The molecule has 0 bridgehead atoms. The van der Waals surface area contributed by atoms with E-state index in [1.165, 1.54) is 20.3 Å². The number of methoxy groups -OCH3 is 2. The van der Waals surface area contributed by atoms with Gasteiger partial charge in [0.2, 0.25) is 11.7 Å². The topological polar surface area (TPSA) is 207 Å². The van der Waals surface area contributed by atoms with Gasteiger partial charge >= 0.3 is 17.9 Å². The molecular formula is C42H65NO13S. The summed E-state index contributed by atoms with van der Waals surface area (Å²) in [6.07, 6.45) is 3.53. The Labute approximate surface area is 341 Å². The first-order valence-corrected chi connectivity index (χ1v) is 20.8. The van der Waals surface area contributed by atoms with Crippen LogP contribution in [0.2, 0.25) is 0 Å². The van der Waals surface area contributed by atoms with Crippen molar-refractivity contribution in [1.82, 2.24) is 5.32 Å². The fourth-order valence-electron chi connectivity index (χ4n) is 7.92. The maximum atomic E-state index is 13.7. The molecule has 3 heterocycles. The van der Waals surface area contributed by atoms with E-state index in [2.05, 4.69) is 5.32 Å². The average molecular weight is 824 g/mol. The Morgan fingerprint density at radius 1 is 1.09 bits per heavy atom. The van der Waals surface area contributed by atoms with E-state index in [0.29, 0.717) is 12.0 Å². The van der Waals surface area contributed by atoms with Crippen molar-refractivity contribution in [2.45, 2.75) is 135 Å². The minimum Gasteiger partial charge on any atom is -0.490 e. The third-order valence-corrected chi connectivity index (χ3v) is 12.8. The van der Waals surface area contributed by atoms with Crippen LogP contribution < -0.4 is 5.32 Å². The van der Waals surface area contributed by atoms with E-state index in [9.17, 15) is 39.6 Å². The van der Waals surface area contributed by atoms with E-state index in [0.717, 1.165) is 17.3 Å². The zero-order valence-corrected chi connectivity index (χ0v) is 36.0. The Balaban J connectivity index is 1.93. The van der Waals surface area contributed by atoms with E-state index in [-0.39, 0.29) is 48.0 Å². The lowest BCUT2D eigenvalue weighted by atomic mass is 9.76. The highest BCUT2D eigenvalue weighted by molar-refractivity contribution is 8.00. The highest BCUT2D eigenvalue weighted by Gasteiger charge is 2.53. The molecule has 322 valence electrons. The number of ether oxygens (including phenoxy) is 5. The molecule has 1 amide bonds. The summed E-state index contributed by atoms with van der Waals surface area (Å²) in [5.74, 6) is -7.90. The molecule has 14 nitrogen and oxygen atoms in total. The Hall–Kier alpha value is -3.21. The second-order valence-electron chi connectivity index (χ2n) is 16.4. The van der Waals surface area contributed by atoms with Crippen LogP contribution in [0.5, 0.6) is 0 Å². The van der Waals surface area contributed by atoms with Gasteiger partial charge in [0, 0.05) is 43.0 Å². The van der Waals surface area contributed by atoms with Crippen LogP contribution in [-0.4, -0.2) is 118 Å². The normalized spacial score (nSPS) is 38.4. The maximum Gasteiger partial charge on any atom is 0.373 e. The highest BCUT2D eigenvalue weighted by Crippen LogP contribution is 2.43. The molecule has 0 spiro atoms. The number of cyclic esters (lactones) is 1. The average Bonchev–Trinajstić information content (AvgIpc) is 3.14. The number of carbonyl (C=O) groups excluding carboxylic acids is 3. The number of allylic oxidation sites excluding steroid dienone is 5. The lowest BCUT2D eigenvalue weighted by Gasteiger charge is -2.50. The highest BCUT2D eigenvalue weighted by atomic mass is 32.2. The Morgan fingerprint density at radius 2 is 1.75 bits per heavy atom. The molecule has 0 saturated carbocycles. The number of rotatable bonds is 11. The van der Waals surface area contributed by atoms with Gasteiger partial charge in [-0.2, -0.15) is 0 Å². The summed E-state index contributed by atoms with van der Waals surface area (Å²) in [6.45, 7) is 16.6. The SMILES string of the molecule is CO/C1=C/C(C)=C/C(C)C(O)C(C)C/C(C)=C/C=C\C(OC)C(C(C)C(O)C(C)C2(O)CC(OC(=O)C[C@H]3SC[C@H](C(=O)O)NC3=O)C(C)C(C(C)C)O2)OC1=O. The monoisotopic (exact) mass is 823 g/mol. The molecule has 2 fully saturated rings. The summed E-state index contributed by atoms with van der Waals surface area (Å²) in [6, 6.07) is -1.04. The number of carboxylic acids is 1. The number of aliphatic hydroxyl groups is 3. The molecule has 0 aliphatic carbocycles. The van der Waals surface area contributed by atoms with Crippen LogP contribution >= 0.6 is 11.8 Å². The summed E-state index contributed by atoms with van der Waals surface area (Å²) in [5.41, 5.74) is 1.69. The van der Waals surface area contributed by atoms with Crippen molar-refractivity contribution in [2.75, 3.05) is 20.0 Å². The van der Waals surface area contributed by atoms with Crippen molar-refractivity contribution >= 4 is 35.6 Å². The Kier molecular flexibility index (Phi) is 17.9. The standard InChI is InChI=1S/C42H65NO13S/c1-21(2)37-26(7)32(54-34(44)18-33-39(47)43-29(20-57-33)40(48)49)19-42(51,56-37)28(9)36(46)27(8)38-30(52-10)14-12-13-22(3)15-24(5)35(45)25(6)16-23(4)17-31(53-11)41(50)55-38/h12-14,16-17,21,24-30,32-33,35-38,45-46,51H,15,18-20H2,1-11H3,(H,43,47)(H,48,49)/b14-12-,22-13+,23-16+,31-17+/t24?,25?,26?,27?,28?,29-,30?,32?,33-,35?,36?,37?,38?,42?/m1/s1. The lowest BCUT2D eigenvalue weighted by molar-refractivity contribution is -0.329. The summed E-state index contributed by atoms with van der Waals surface area (Å²) in [4.78, 5) is 50.9. The molecule has 12 unspecified atom stereocenters. The molecule has 57 heavy (non-hydrogen) atoms. The van der Waals surface area contributed by atoms with E-state index in [1.807, 2.05) is 53.7 Å². The Morgan fingerprint density at radius 3 is 2.33 bits per heavy atom. The van der Waals surface area contributed by atoms with Crippen LogP contribution in [0.4, 0.5) is 0 Å². The molecule has 2 saturated heterocycles. The largest absolute Gasteiger partial charge is 0.490 e. The molecule has 15 heteroatoms. The summed E-state index contributed by atoms with van der Waals surface area (Å²) < 4.78 is 29.7. The molecule has 3 rings (SSSR count). The first-order chi connectivity index (χ1) is 26.6. The van der Waals surface area contributed by atoms with Crippen molar-refractivity contribution in [1.29, 1.82) is 0 Å². The smallest absolute Gasteiger partial charge is 0.373 e. The van der Waals surface area contributed by atoms with Crippen molar-refractivity contribution in [3.63, 3.8) is 0 Å². The van der Waals surface area contributed by atoms with E-state index in [4.69, 9.17) is 23.7 Å². The quantitative estimate of drug-likeness (QED) is 0.184. The van der Waals surface area contributed by atoms with E-state index >= 15 is 0 Å². The summed E-state index contributed by atoms with van der Waals surface area (Å²) in [5, 5.41) is 46.1. The number of thioether (sulfide) groups is 1.